The molecule has 2 unspecified atom stereocenters. The Morgan fingerprint density at radius 2 is 1.94 bits per heavy atom. The van der Waals surface area contributed by atoms with Gasteiger partial charge in [0.2, 0.25) is 0 Å². The lowest BCUT2D eigenvalue weighted by Gasteiger charge is -2.41. The maximum atomic E-state index is 5.52. The lowest BCUT2D eigenvalue weighted by Crippen LogP contribution is -2.52. The molecule has 2 rings (SSSR count). The minimum atomic E-state index is 0.598. The molecule has 3 nitrogen and oxygen atoms in total. The summed E-state index contributed by atoms with van der Waals surface area (Å²) in [4.78, 5) is 2.70. The fraction of sp³-hybridized carbons (Fsp3) is 1.00. The van der Waals surface area contributed by atoms with E-state index >= 15 is 0 Å². The van der Waals surface area contributed by atoms with Gasteiger partial charge in [-0.2, -0.15) is 0 Å². The van der Waals surface area contributed by atoms with E-state index in [0.717, 1.165) is 25.3 Å². The number of hydrogen-bond donors (Lipinski definition) is 1. The van der Waals surface area contributed by atoms with E-state index in [9.17, 15) is 0 Å². The molecule has 17 heavy (non-hydrogen) atoms. The number of piperidine rings is 1. The third-order valence-corrected chi connectivity index (χ3v) is 4.69. The Bertz CT molecular complexity index is 218. The SMILES string of the molecule is CNC(CN1[C@H](C)CCC[C@@H]1C)C1CCOC1. The van der Waals surface area contributed by atoms with Gasteiger partial charge in [-0.05, 0) is 40.2 Å². The van der Waals surface area contributed by atoms with Gasteiger partial charge in [0.25, 0.3) is 0 Å². The number of nitrogens with zero attached hydrogens (tertiary/aromatic N) is 1. The zero-order valence-electron chi connectivity index (χ0n) is 11.6. The Hall–Kier alpha value is -0.120. The van der Waals surface area contributed by atoms with E-state index in [-0.39, 0.29) is 0 Å². The van der Waals surface area contributed by atoms with Crippen LogP contribution in [0.1, 0.15) is 39.5 Å². The number of likely N-dealkylation sites (tertiary alicyclic amines) is 1. The molecule has 0 amide bonds. The first-order chi connectivity index (χ1) is 8.22. The van der Waals surface area contributed by atoms with E-state index in [4.69, 9.17) is 4.74 Å². The lowest BCUT2D eigenvalue weighted by atomic mass is 9.93. The van der Waals surface area contributed by atoms with Gasteiger partial charge in [0.15, 0.2) is 0 Å². The van der Waals surface area contributed by atoms with Crippen molar-refractivity contribution in [3.63, 3.8) is 0 Å². The molecule has 0 aromatic heterocycles. The van der Waals surface area contributed by atoms with E-state index in [1.165, 1.54) is 32.2 Å². The summed E-state index contributed by atoms with van der Waals surface area (Å²) < 4.78 is 5.52. The molecule has 2 saturated heterocycles. The number of ether oxygens (including phenoxy) is 1. The molecule has 1 N–H and O–H groups in total. The first-order valence-electron chi connectivity index (χ1n) is 7.23. The molecular weight excluding hydrogens is 212 g/mol. The van der Waals surface area contributed by atoms with E-state index in [0.29, 0.717) is 12.0 Å². The first kappa shape index (κ1) is 13.3. The zero-order valence-corrected chi connectivity index (χ0v) is 11.6. The fourth-order valence-corrected chi connectivity index (χ4v) is 3.41. The van der Waals surface area contributed by atoms with Crippen LogP contribution in [0.25, 0.3) is 0 Å². The Labute approximate surface area is 106 Å². The average molecular weight is 240 g/mol. The summed E-state index contributed by atoms with van der Waals surface area (Å²) in [5, 5.41) is 3.51. The van der Waals surface area contributed by atoms with Crippen LogP contribution < -0.4 is 5.32 Å². The summed E-state index contributed by atoms with van der Waals surface area (Å²) in [5.74, 6) is 0.710. The lowest BCUT2D eigenvalue weighted by molar-refractivity contribution is 0.0790. The second-order valence-corrected chi connectivity index (χ2v) is 5.84. The van der Waals surface area contributed by atoms with E-state index in [1.807, 2.05) is 0 Å². The van der Waals surface area contributed by atoms with Crippen molar-refractivity contribution in [1.82, 2.24) is 10.2 Å². The summed E-state index contributed by atoms with van der Waals surface area (Å²) >= 11 is 0. The van der Waals surface area contributed by atoms with Crippen LogP contribution in [-0.4, -0.2) is 49.8 Å². The number of rotatable bonds is 4. The average Bonchev–Trinajstić information content (AvgIpc) is 2.82. The van der Waals surface area contributed by atoms with Gasteiger partial charge in [-0.25, -0.2) is 0 Å². The number of hydrogen-bond acceptors (Lipinski definition) is 3. The summed E-state index contributed by atoms with van der Waals surface area (Å²) in [6.45, 7) is 7.85. The van der Waals surface area contributed by atoms with Crippen LogP contribution >= 0.6 is 0 Å². The summed E-state index contributed by atoms with van der Waals surface area (Å²) in [5.41, 5.74) is 0. The molecule has 0 saturated carbocycles. The normalized spacial score (nSPS) is 37.2. The van der Waals surface area contributed by atoms with Gasteiger partial charge in [0, 0.05) is 37.2 Å². The van der Waals surface area contributed by atoms with Gasteiger partial charge in [0.05, 0.1) is 6.61 Å². The monoisotopic (exact) mass is 240 g/mol. The Morgan fingerprint density at radius 1 is 1.24 bits per heavy atom. The second kappa shape index (κ2) is 6.17. The highest BCUT2D eigenvalue weighted by molar-refractivity contribution is 4.87. The summed E-state index contributed by atoms with van der Waals surface area (Å²) in [6, 6.07) is 2.09. The van der Waals surface area contributed by atoms with Gasteiger partial charge in [0.1, 0.15) is 0 Å². The van der Waals surface area contributed by atoms with Crippen molar-refractivity contribution in [1.29, 1.82) is 0 Å². The fourth-order valence-electron chi connectivity index (χ4n) is 3.41. The van der Waals surface area contributed by atoms with Gasteiger partial charge in [-0.15, -0.1) is 0 Å². The molecule has 2 fully saturated rings. The predicted molar refractivity (Wildman–Crippen MR) is 71.3 cm³/mol. The van der Waals surface area contributed by atoms with E-state index < -0.39 is 0 Å². The zero-order chi connectivity index (χ0) is 12.3. The van der Waals surface area contributed by atoms with Crippen LogP contribution in [0, 0.1) is 5.92 Å². The van der Waals surface area contributed by atoms with Crippen molar-refractivity contribution in [3.05, 3.63) is 0 Å². The standard InChI is InChI=1S/C14H28N2O/c1-11-5-4-6-12(2)16(11)9-14(15-3)13-7-8-17-10-13/h11-15H,4-10H2,1-3H3/t11-,12+,13?,14?. The van der Waals surface area contributed by atoms with Gasteiger partial charge in [-0.1, -0.05) is 6.42 Å². The molecule has 0 bridgehead atoms. The van der Waals surface area contributed by atoms with Crippen LogP contribution in [0.4, 0.5) is 0 Å². The van der Waals surface area contributed by atoms with Crippen LogP contribution in [0.5, 0.6) is 0 Å². The van der Waals surface area contributed by atoms with Gasteiger partial charge < -0.3 is 10.1 Å². The molecular formula is C14H28N2O. The maximum absolute atomic E-state index is 5.52. The molecule has 0 aromatic carbocycles. The van der Waals surface area contributed by atoms with Crippen molar-refractivity contribution in [2.75, 3.05) is 26.8 Å². The van der Waals surface area contributed by atoms with E-state index in [2.05, 4.69) is 31.1 Å². The highest BCUT2D eigenvalue weighted by Crippen LogP contribution is 2.25. The molecule has 0 radical (unpaired) electrons. The van der Waals surface area contributed by atoms with Crippen LogP contribution in [0.3, 0.4) is 0 Å². The Balaban J connectivity index is 1.91. The minimum absolute atomic E-state index is 0.598. The van der Waals surface area contributed by atoms with Crippen molar-refractivity contribution in [2.45, 2.75) is 57.7 Å². The predicted octanol–water partition coefficient (Wildman–Crippen LogP) is 1.87. The number of nitrogens with one attached hydrogen (secondary N) is 1. The van der Waals surface area contributed by atoms with Gasteiger partial charge in [-0.3, -0.25) is 4.90 Å². The Kier molecular flexibility index (Phi) is 4.83. The highest BCUT2D eigenvalue weighted by atomic mass is 16.5. The minimum Gasteiger partial charge on any atom is -0.381 e. The quantitative estimate of drug-likeness (QED) is 0.812. The summed E-state index contributed by atoms with van der Waals surface area (Å²) in [7, 11) is 2.10. The van der Waals surface area contributed by atoms with Crippen molar-refractivity contribution in [3.8, 4) is 0 Å². The van der Waals surface area contributed by atoms with Crippen molar-refractivity contribution < 1.29 is 4.74 Å². The largest absolute Gasteiger partial charge is 0.381 e. The molecule has 2 aliphatic heterocycles. The smallest absolute Gasteiger partial charge is 0.0510 e. The van der Waals surface area contributed by atoms with E-state index in [1.54, 1.807) is 0 Å². The number of likely N-dealkylation sites (N-methyl/N-ethyl adjacent to an activating group) is 1. The van der Waals surface area contributed by atoms with Crippen LogP contribution in [0.15, 0.2) is 0 Å². The topological polar surface area (TPSA) is 24.5 Å². The third kappa shape index (κ3) is 3.21. The molecule has 0 spiro atoms. The molecule has 2 heterocycles. The molecule has 0 aromatic rings. The molecule has 2 aliphatic rings. The van der Waals surface area contributed by atoms with Gasteiger partial charge >= 0.3 is 0 Å². The molecule has 100 valence electrons. The van der Waals surface area contributed by atoms with Crippen LogP contribution in [-0.2, 0) is 4.74 Å². The maximum Gasteiger partial charge on any atom is 0.0510 e. The van der Waals surface area contributed by atoms with Crippen molar-refractivity contribution >= 4 is 0 Å². The second-order valence-electron chi connectivity index (χ2n) is 5.84. The van der Waals surface area contributed by atoms with Crippen molar-refractivity contribution in [2.24, 2.45) is 5.92 Å². The molecule has 0 aliphatic carbocycles. The summed E-state index contributed by atoms with van der Waals surface area (Å²) in [6.07, 6.45) is 5.35. The molecule has 3 heteroatoms. The first-order valence-corrected chi connectivity index (χ1v) is 7.23. The van der Waals surface area contributed by atoms with Crippen LogP contribution in [0.2, 0.25) is 0 Å². The molecule has 4 atom stereocenters. The third-order valence-electron chi connectivity index (χ3n) is 4.69. The Morgan fingerprint density at radius 3 is 2.47 bits per heavy atom. The highest BCUT2D eigenvalue weighted by Gasteiger charge is 2.31.